The minimum atomic E-state index is 0.0949. The van der Waals surface area contributed by atoms with Gasteiger partial charge in [-0.3, -0.25) is 9.36 Å². The van der Waals surface area contributed by atoms with Gasteiger partial charge < -0.3 is 0 Å². The number of benzene rings is 1. The van der Waals surface area contributed by atoms with Crippen molar-refractivity contribution in [2.24, 2.45) is 0 Å². The average Bonchev–Trinajstić information content (AvgIpc) is 2.69. The molecule has 0 bridgehead atoms. The van der Waals surface area contributed by atoms with E-state index in [-0.39, 0.29) is 5.56 Å². The maximum atomic E-state index is 13.2. The molecule has 0 unspecified atom stereocenters. The predicted octanol–water partition coefficient (Wildman–Crippen LogP) is 4.33. The van der Waals surface area contributed by atoms with Gasteiger partial charge >= 0.3 is 0 Å². The summed E-state index contributed by atoms with van der Waals surface area (Å²) in [5.74, 6) is 0.768. The largest absolute Gasteiger partial charge is 0.268 e. The van der Waals surface area contributed by atoms with Crippen molar-refractivity contribution in [3.8, 4) is 5.69 Å². The summed E-state index contributed by atoms with van der Waals surface area (Å²) in [5, 5.41) is 0.860. The summed E-state index contributed by atoms with van der Waals surface area (Å²) in [7, 11) is 0. The van der Waals surface area contributed by atoms with Crippen LogP contribution in [0.4, 0.5) is 0 Å². The van der Waals surface area contributed by atoms with Crippen molar-refractivity contribution in [1.82, 2.24) is 9.55 Å². The number of thiophene rings is 1. The Balaban J connectivity index is 2.03. The summed E-state index contributed by atoms with van der Waals surface area (Å²) in [6.07, 6.45) is 5.78. The van der Waals surface area contributed by atoms with Gasteiger partial charge in [0.1, 0.15) is 10.7 Å². The first-order valence-electron chi connectivity index (χ1n) is 8.26. The van der Waals surface area contributed by atoms with Crippen LogP contribution in [0.5, 0.6) is 0 Å². The number of hydrogen-bond donors (Lipinski definition) is 0. The Morgan fingerprint density at radius 3 is 2.78 bits per heavy atom. The Bertz CT molecular complexity index is 952. The van der Waals surface area contributed by atoms with Crippen LogP contribution in [-0.4, -0.2) is 9.55 Å². The van der Waals surface area contributed by atoms with Crippen LogP contribution in [0.3, 0.4) is 0 Å². The van der Waals surface area contributed by atoms with Crippen molar-refractivity contribution in [3.63, 3.8) is 0 Å². The lowest BCUT2D eigenvalue weighted by atomic mass is 10.1. The number of rotatable bonds is 1. The molecule has 0 spiro atoms. The Labute approximate surface area is 139 Å². The first-order valence-corrected chi connectivity index (χ1v) is 9.08. The standard InChI is InChI=1S/C19H20N2OS/c1-12-7-6-8-14(11-12)21-13(2)20-18-17(19(21)22)15-9-4-3-5-10-16(15)23-18/h6-8,11H,3-5,9-10H2,1-2H3. The third kappa shape index (κ3) is 2.41. The monoisotopic (exact) mass is 324 g/mol. The molecule has 0 N–H and O–H groups in total. The maximum absolute atomic E-state index is 13.2. The van der Waals surface area contributed by atoms with E-state index in [0.29, 0.717) is 0 Å². The number of nitrogens with zero attached hydrogens (tertiary/aromatic N) is 2. The molecule has 0 aliphatic heterocycles. The summed E-state index contributed by atoms with van der Waals surface area (Å²) < 4.78 is 1.77. The highest BCUT2D eigenvalue weighted by molar-refractivity contribution is 7.18. The lowest BCUT2D eigenvalue weighted by Gasteiger charge is -2.10. The third-order valence-electron chi connectivity index (χ3n) is 4.67. The molecule has 1 aliphatic carbocycles. The van der Waals surface area contributed by atoms with Crippen LogP contribution in [-0.2, 0) is 12.8 Å². The van der Waals surface area contributed by atoms with E-state index in [1.807, 2.05) is 38.1 Å². The molecule has 4 rings (SSSR count). The van der Waals surface area contributed by atoms with Gasteiger partial charge in [-0.25, -0.2) is 4.98 Å². The van der Waals surface area contributed by atoms with Gasteiger partial charge in [-0.15, -0.1) is 11.3 Å². The zero-order valence-corrected chi connectivity index (χ0v) is 14.4. The van der Waals surface area contributed by atoms with E-state index in [4.69, 9.17) is 4.98 Å². The Kier molecular flexibility index (Phi) is 3.57. The highest BCUT2D eigenvalue weighted by Crippen LogP contribution is 2.33. The second kappa shape index (κ2) is 5.60. The summed E-state index contributed by atoms with van der Waals surface area (Å²) in [6, 6.07) is 8.08. The van der Waals surface area contributed by atoms with Gasteiger partial charge in [-0.2, -0.15) is 0 Å². The number of aromatic nitrogens is 2. The van der Waals surface area contributed by atoms with Gasteiger partial charge in [0.05, 0.1) is 11.1 Å². The molecule has 0 radical (unpaired) electrons. The van der Waals surface area contributed by atoms with Crippen LogP contribution >= 0.6 is 11.3 Å². The van der Waals surface area contributed by atoms with E-state index in [9.17, 15) is 4.79 Å². The summed E-state index contributed by atoms with van der Waals surface area (Å²) in [5.41, 5.74) is 3.42. The number of aryl methyl sites for hydroxylation is 4. The molecule has 118 valence electrons. The highest BCUT2D eigenvalue weighted by atomic mass is 32.1. The lowest BCUT2D eigenvalue weighted by molar-refractivity contribution is 0.713. The van der Waals surface area contributed by atoms with Gasteiger partial charge in [0.2, 0.25) is 0 Å². The smallest absolute Gasteiger partial charge is 0.267 e. The van der Waals surface area contributed by atoms with E-state index in [1.165, 1.54) is 29.7 Å². The van der Waals surface area contributed by atoms with Crippen molar-refractivity contribution < 1.29 is 0 Å². The molecular weight excluding hydrogens is 304 g/mol. The molecule has 3 nitrogen and oxygen atoms in total. The fourth-order valence-corrected chi connectivity index (χ4v) is 4.85. The van der Waals surface area contributed by atoms with Crippen LogP contribution in [0.1, 0.15) is 41.1 Å². The first kappa shape index (κ1) is 14.6. The molecular formula is C19H20N2OS. The van der Waals surface area contributed by atoms with E-state index in [2.05, 4.69) is 0 Å². The molecule has 0 saturated heterocycles. The minimum Gasteiger partial charge on any atom is -0.268 e. The Morgan fingerprint density at radius 1 is 1.13 bits per heavy atom. The van der Waals surface area contributed by atoms with Crippen LogP contribution < -0.4 is 5.56 Å². The van der Waals surface area contributed by atoms with Crippen LogP contribution in [0, 0.1) is 13.8 Å². The number of fused-ring (bicyclic) bond motifs is 3. The molecule has 3 aromatic rings. The fourth-order valence-electron chi connectivity index (χ4n) is 3.55. The van der Waals surface area contributed by atoms with Crippen molar-refractivity contribution in [1.29, 1.82) is 0 Å². The molecule has 0 atom stereocenters. The minimum absolute atomic E-state index is 0.0949. The second-order valence-corrected chi connectivity index (χ2v) is 7.47. The summed E-state index contributed by atoms with van der Waals surface area (Å²) in [6.45, 7) is 3.97. The SMILES string of the molecule is Cc1cccc(-n2c(C)nc3sc4c(c3c2=O)CCCCC4)c1. The molecule has 23 heavy (non-hydrogen) atoms. The van der Waals surface area contributed by atoms with E-state index < -0.39 is 0 Å². The Morgan fingerprint density at radius 2 is 1.96 bits per heavy atom. The van der Waals surface area contributed by atoms with E-state index in [0.717, 1.165) is 40.1 Å². The zero-order valence-electron chi connectivity index (χ0n) is 13.6. The van der Waals surface area contributed by atoms with E-state index >= 15 is 0 Å². The van der Waals surface area contributed by atoms with Crippen molar-refractivity contribution in [3.05, 3.63) is 56.4 Å². The second-order valence-electron chi connectivity index (χ2n) is 6.38. The van der Waals surface area contributed by atoms with E-state index in [1.54, 1.807) is 15.9 Å². The van der Waals surface area contributed by atoms with Crippen LogP contribution in [0.25, 0.3) is 15.9 Å². The van der Waals surface area contributed by atoms with Crippen molar-refractivity contribution in [2.45, 2.75) is 46.0 Å². The zero-order chi connectivity index (χ0) is 16.0. The Hall–Kier alpha value is -1.94. The normalized spacial score (nSPS) is 14.7. The van der Waals surface area contributed by atoms with Crippen LogP contribution in [0.2, 0.25) is 0 Å². The molecule has 4 heteroatoms. The summed E-state index contributed by atoms with van der Waals surface area (Å²) >= 11 is 1.72. The maximum Gasteiger partial charge on any atom is 0.267 e. The van der Waals surface area contributed by atoms with Gasteiger partial charge in [0.25, 0.3) is 5.56 Å². The predicted molar refractivity (Wildman–Crippen MR) is 96.0 cm³/mol. The number of hydrogen-bond acceptors (Lipinski definition) is 3. The molecule has 1 aromatic carbocycles. The van der Waals surface area contributed by atoms with Crippen molar-refractivity contribution >= 4 is 21.6 Å². The van der Waals surface area contributed by atoms with Gasteiger partial charge in [-0.05, 0) is 62.8 Å². The van der Waals surface area contributed by atoms with Gasteiger partial charge in [-0.1, -0.05) is 18.6 Å². The molecule has 1 aliphatic rings. The highest BCUT2D eigenvalue weighted by Gasteiger charge is 2.20. The lowest BCUT2D eigenvalue weighted by Crippen LogP contribution is -2.22. The van der Waals surface area contributed by atoms with Gasteiger partial charge in [0, 0.05) is 4.88 Å². The van der Waals surface area contributed by atoms with Crippen LogP contribution in [0.15, 0.2) is 29.1 Å². The fraction of sp³-hybridized carbons (Fsp3) is 0.368. The molecule has 0 fully saturated rings. The molecule has 2 aromatic heterocycles. The molecule has 0 saturated carbocycles. The van der Waals surface area contributed by atoms with Crippen molar-refractivity contribution in [2.75, 3.05) is 0 Å². The molecule has 0 amide bonds. The summed E-state index contributed by atoms with van der Waals surface area (Å²) in [4.78, 5) is 20.3. The first-order chi connectivity index (χ1) is 11.1. The average molecular weight is 324 g/mol. The molecule has 2 heterocycles. The third-order valence-corrected chi connectivity index (χ3v) is 5.85. The quantitative estimate of drug-likeness (QED) is 0.624. The topological polar surface area (TPSA) is 34.9 Å². The van der Waals surface area contributed by atoms with Gasteiger partial charge in [0.15, 0.2) is 0 Å².